The minimum Gasteiger partial charge on any atom is -0.376 e. The van der Waals surface area contributed by atoms with Crippen molar-refractivity contribution in [2.45, 2.75) is 37.6 Å². The van der Waals surface area contributed by atoms with Crippen LogP contribution < -0.4 is 0 Å². The van der Waals surface area contributed by atoms with Gasteiger partial charge in [-0.1, -0.05) is 6.07 Å². The maximum atomic E-state index is 5.88. The highest BCUT2D eigenvalue weighted by atomic mass is 16.7. The minimum atomic E-state index is -0.227. The van der Waals surface area contributed by atoms with Crippen LogP contribution in [0, 0.1) is 0 Å². The molecule has 0 amide bonds. The average Bonchev–Trinajstić information content (AvgIpc) is 2.84. The lowest BCUT2D eigenvalue weighted by Crippen LogP contribution is -2.44. The van der Waals surface area contributed by atoms with Gasteiger partial charge in [-0.3, -0.25) is 4.98 Å². The predicted octanol–water partition coefficient (Wildman–Crippen LogP) is 1.13. The number of rotatable bonds is 4. The van der Waals surface area contributed by atoms with Crippen molar-refractivity contribution in [3.8, 4) is 0 Å². The minimum absolute atomic E-state index is 0.00991. The molecule has 0 aliphatic carbocycles. The normalized spacial score (nSPS) is 34.7. The zero-order valence-electron chi connectivity index (χ0n) is 10.3. The van der Waals surface area contributed by atoms with E-state index in [1.54, 1.807) is 13.3 Å². The largest absolute Gasteiger partial charge is 0.376 e. The van der Waals surface area contributed by atoms with Crippen molar-refractivity contribution in [3.63, 3.8) is 0 Å². The highest BCUT2D eigenvalue weighted by Gasteiger charge is 2.44. The first-order valence-corrected chi connectivity index (χ1v) is 6.18. The van der Waals surface area contributed by atoms with Gasteiger partial charge in [0.05, 0.1) is 25.0 Å². The first-order chi connectivity index (χ1) is 8.86. The number of hydrogen-bond acceptors (Lipinski definition) is 5. The standard InChI is InChI=1S/C13H17NO4/c1-15-11-6-10(12-8-17-13(11)18-12)16-7-9-4-2-3-5-14-9/h2-5,10-13H,6-8H2,1H3/t10-,11+,12+,13+/m0/s1. The predicted molar refractivity (Wildman–Crippen MR) is 62.8 cm³/mol. The second kappa shape index (κ2) is 5.32. The number of fused-ring (bicyclic) bond motifs is 2. The molecule has 98 valence electrons. The van der Waals surface area contributed by atoms with Gasteiger partial charge in [0.2, 0.25) is 0 Å². The van der Waals surface area contributed by atoms with Gasteiger partial charge in [-0.25, -0.2) is 0 Å². The van der Waals surface area contributed by atoms with Gasteiger partial charge in [0, 0.05) is 19.7 Å². The van der Waals surface area contributed by atoms with Crippen molar-refractivity contribution in [2.24, 2.45) is 0 Å². The number of ether oxygens (including phenoxy) is 4. The molecule has 5 nitrogen and oxygen atoms in total. The molecule has 2 saturated heterocycles. The van der Waals surface area contributed by atoms with Crippen LogP contribution >= 0.6 is 0 Å². The molecule has 1 aromatic rings. The highest BCUT2D eigenvalue weighted by Crippen LogP contribution is 2.31. The molecule has 5 heteroatoms. The van der Waals surface area contributed by atoms with Crippen molar-refractivity contribution in [3.05, 3.63) is 30.1 Å². The maximum absolute atomic E-state index is 5.88. The Labute approximate surface area is 106 Å². The number of pyridine rings is 1. The number of methoxy groups -OCH3 is 1. The molecule has 0 spiro atoms. The van der Waals surface area contributed by atoms with Crippen molar-refractivity contribution in [1.82, 2.24) is 4.98 Å². The molecule has 2 bridgehead atoms. The second-order valence-corrected chi connectivity index (χ2v) is 4.56. The molecule has 18 heavy (non-hydrogen) atoms. The van der Waals surface area contributed by atoms with Crippen LogP contribution in [0.4, 0.5) is 0 Å². The molecule has 0 N–H and O–H groups in total. The van der Waals surface area contributed by atoms with Crippen LogP contribution in [0.3, 0.4) is 0 Å². The second-order valence-electron chi connectivity index (χ2n) is 4.56. The third kappa shape index (κ3) is 2.40. The summed E-state index contributed by atoms with van der Waals surface area (Å²) in [5.41, 5.74) is 0.924. The van der Waals surface area contributed by atoms with Gasteiger partial charge in [0.25, 0.3) is 0 Å². The zero-order chi connectivity index (χ0) is 12.4. The van der Waals surface area contributed by atoms with E-state index in [9.17, 15) is 0 Å². The van der Waals surface area contributed by atoms with E-state index in [0.29, 0.717) is 13.2 Å². The summed E-state index contributed by atoms with van der Waals surface area (Å²) >= 11 is 0. The molecule has 2 fully saturated rings. The van der Waals surface area contributed by atoms with Gasteiger partial charge in [-0.05, 0) is 12.1 Å². The number of aromatic nitrogens is 1. The summed E-state index contributed by atoms with van der Waals surface area (Å²) in [6.45, 7) is 1.07. The Morgan fingerprint density at radius 1 is 1.39 bits per heavy atom. The fraction of sp³-hybridized carbons (Fsp3) is 0.615. The van der Waals surface area contributed by atoms with Crippen LogP contribution in [0.2, 0.25) is 0 Å². The molecule has 0 unspecified atom stereocenters. The Morgan fingerprint density at radius 3 is 3.11 bits per heavy atom. The Balaban J connectivity index is 1.59. The van der Waals surface area contributed by atoms with E-state index in [-0.39, 0.29) is 24.6 Å². The highest BCUT2D eigenvalue weighted by molar-refractivity contribution is 5.02. The summed E-state index contributed by atoms with van der Waals surface area (Å²) in [4.78, 5) is 4.24. The summed E-state index contributed by atoms with van der Waals surface area (Å²) in [5, 5.41) is 0. The summed E-state index contributed by atoms with van der Waals surface area (Å²) in [7, 11) is 1.67. The summed E-state index contributed by atoms with van der Waals surface area (Å²) in [6.07, 6.45) is 2.33. The molecule has 4 atom stereocenters. The van der Waals surface area contributed by atoms with E-state index >= 15 is 0 Å². The fourth-order valence-electron chi connectivity index (χ4n) is 2.38. The van der Waals surface area contributed by atoms with Crippen molar-refractivity contribution >= 4 is 0 Å². The molecule has 2 aliphatic rings. The molecule has 2 aliphatic heterocycles. The molecule has 0 aromatic carbocycles. The van der Waals surface area contributed by atoms with E-state index in [2.05, 4.69) is 4.98 Å². The van der Waals surface area contributed by atoms with Gasteiger partial charge in [-0.15, -0.1) is 0 Å². The van der Waals surface area contributed by atoms with E-state index in [1.165, 1.54) is 0 Å². The Hall–Kier alpha value is -1.01. The first kappa shape index (κ1) is 12.0. The quantitative estimate of drug-likeness (QED) is 0.802. The summed E-state index contributed by atoms with van der Waals surface area (Å²) in [5.74, 6) is 0. The lowest BCUT2D eigenvalue weighted by Gasteiger charge is -2.32. The Kier molecular flexibility index (Phi) is 3.56. The third-order valence-electron chi connectivity index (χ3n) is 3.39. The van der Waals surface area contributed by atoms with Crippen molar-refractivity contribution in [2.75, 3.05) is 13.7 Å². The van der Waals surface area contributed by atoms with Crippen molar-refractivity contribution in [1.29, 1.82) is 0 Å². The van der Waals surface area contributed by atoms with Crippen LogP contribution in [-0.4, -0.2) is 43.3 Å². The summed E-state index contributed by atoms with van der Waals surface area (Å²) in [6, 6.07) is 5.80. The molecule has 0 saturated carbocycles. The lowest BCUT2D eigenvalue weighted by molar-refractivity contribution is -0.201. The van der Waals surface area contributed by atoms with Gasteiger partial charge >= 0.3 is 0 Å². The number of nitrogens with zero attached hydrogens (tertiary/aromatic N) is 1. The van der Waals surface area contributed by atoms with E-state index < -0.39 is 0 Å². The topological polar surface area (TPSA) is 49.8 Å². The van der Waals surface area contributed by atoms with E-state index in [4.69, 9.17) is 18.9 Å². The van der Waals surface area contributed by atoms with Crippen LogP contribution in [0.5, 0.6) is 0 Å². The third-order valence-corrected chi connectivity index (χ3v) is 3.39. The molecule has 3 heterocycles. The Morgan fingerprint density at radius 2 is 2.33 bits per heavy atom. The van der Waals surface area contributed by atoms with E-state index in [1.807, 2.05) is 18.2 Å². The molecule has 3 rings (SSSR count). The van der Waals surface area contributed by atoms with Gasteiger partial charge in [-0.2, -0.15) is 0 Å². The smallest absolute Gasteiger partial charge is 0.184 e. The molecular weight excluding hydrogens is 234 g/mol. The zero-order valence-corrected chi connectivity index (χ0v) is 10.3. The Bertz CT molecular complexity index is 386. The van der Waals surface area contributed by atoms with Crippen molar-refractivity contribution < 1.29 is 18.9 Å². The monoisotopic (exact) mass is 251 g/mol. The number of hydrogen-bond donors (Lipinski definition) is 0. The maximum Gasteiger partial charge on any atom is 0.184 e. The molecule has 0 radical (unpaired) electrons. The fourth-order valence-corrected chi connectivity index (χ4v) is 2.38. The molecular formula is C13H17NO4. The SMILES string of the molecule is CO[C@@H]1C[C@H](OCc2ccccn2)[C@H]2CO[C@@H]1O2. The summed E-state index contributed by atoms with van der Waals surface area (Å²) < 4.78 is 22.5. The molecule has 1 aromatic heterocycles. The average molecular weight is 251 g/mol. The van der Waals surface area contributed by atoms with Crippen LogP contribution in [0.1, 0.15) is 12.1 Å². The van der Waals surface area contributed by atoms with E-state index in [0.717, 1.165) is 12.1 Å². The van der Waals surface area contributed by atoms with Crippen LogP contribution in [-0.2, 0) is 25.6 Å². The van der Waals surface area contributed by atoms with Gasteiger partial charge in [0.15, 0.2) is 6.29 Å². The van der Waals surface area contributed by atoms with Gasteiger partial charge < -0.3 is 18.9 Å². The lowest BCUT2D eigenvalue weighted by atomic mass is 10.0. The van der Waals surface area contributed by atoms with Gasteiger partial charge in [0.1, 0.15) is 12.2 Å². The first-order valence-electron chi connectivity index (χ1n) is 6.18. The van der Waals surface area contributed by atoms with Crippen LogP contribution in [0.25, 0.3) is 0 Å². The van der Waals surface area contributed by atoms with Crippen LogP contribution in [0.15, 0.2) is 24.4 Å².